The summed E-state index contributed by atoms with van der Waals surface area (Å²) in [4.78, 5) is 1.29. The molecule has 13 heavy (non-hydrogen) atoms. The second-order valence-corrected chi connectivity index (χ2v) is 4.64. The van der Waals surface area contributed by atoms with E-state index in [1.54, 1.807) is 11.3 Å². The van der Waals surface area contributed by atoms with E-state index in [2.05, 4.69) is 16.8 Å². The zero-order chi connectivity index (χ0) is 9.10. The number of nitrogens with one attached hydrogen (secondary N) is 1. The van der Waals surface area contributed by atoms with Gasteiger partial charge in [0, 0.05) is 17.8 Å². The Bertz CT molecular complexity index is 241. The number of aliphatic hydroxyl groups is 1. The topological polar surface area (TPSA) is 32.3 Å². The maximum absolute atomic E-state index is 9.89. The van der Waals surface area contributed by atoms with Gasteiger partial charge in [0.1, 0.15) is 0 Å². The van der Waals surface area contributed by atoms with Crippen molar-refractivity contribution in [3.05, 3.63) is 22.4 Å². The van der Waals surface area contributed by atoms with Crippen LogP contribution in [0.2, 0.25) is 0 Å². The minimum atomic E-state index is -0.159. The van der Waals surface area contributed by atoms with Crippen molar-refractivity contribution in [3.63, 3.8) is 0 Å². The van der Waals surface area contributed by atoms with E-state index in [9.17, 15) is 5.11 Å². The van der Waals surface area contributed by atoms with Crippen LogP contribution in [0.3, 0.4) is 0 Å². The lowest BCUT2D eigenvalue weighted by Crippen LogP contribution is -2.24. The first-order valence-electron chi connectivity index (χ1n) is 4.77. The van der Waals surface area contributed by atoms with Gasteiger partial charge in [0.25, 0.3) is 0 Å². The minimum Gasteiger partial charge on any atom is -0.392 e. The summed E-state index contributed by atoms with van der Waals surface area (Å²) in [6.07, 6.45) is 1.78. The van der Waals surface area contributed by atoms with Gasteiger partial charge in [0.2, 0.25) is 0 Å². The van der Waals surface area contributed by atoms with Crippen molar-refractivity contribution in [1.29, 1.82) is 0 Å². The monoisotopic (exact) mass is 197 g/mol. The standard InChI is InChI=1S/C10H15NOS/c12-10(8-3-4-11-7-8)6-9-2-1-5-13-9/h1-2,5,8,10-12H,3-4,6-7H2/t8-,10?/m1/s1. The first-order chi connectivity index (χ1) is 6.36. The molecular weight excluding hydrogens is 182 g/mol. The molecule has 2 heterocycles. The summed E-state index contributed by atoms with van der Waals surface area (Å²) < 4.78 is 0. The first kappa shape index (κ1) is 9.19. The van der Waals surface area contributed by atoms with Crippen molar-refractivity contribution in [2.24, 2.45) is 5.92 Å². The van der Waals surface area contributed by atoms with Crippen LogP contribution in [0, 0.1) is 5.92 Å². The van der Waals surface area contributed by atoms with E-state index in [1.165, 1.54) is 4.88 Å². The maximum Gasteiger partial charge on any atom is 0.0629 e. The third-order valence-electron chi connectivity index (χ3n) is 2.63. The maximum atomic E-state index is 9.89. The third-order valence-corrected chi connectivity index (χ3v) is 3.53. The van der Waals surface area contributed by atoms with Gasteiger partial charge in [-0.25, -0.2) is 0 Å². The summed E-state index contributed by atoms with van der Waals surface area (Å²) >= 11 is 1.73. The Balaban J connectivity index is 1.87. The molecule has 2 nitrogen and oxygen atoms in total. The number of rotatable bonds is 3. The lowest BCUT2D eigenvalue weighted by molar-refractivity contribution is 0.118. The Morgan fingerprint density at radius 1 is 1.69 bits per heavy atom. The van der Waals surface area contributed by atoms with E-state index in [0.29, 0.717) is 5.92 Å². The van der Waals surface area contributed by atoms with Crippen LogP contribution >= 0.6 is 11.3 Å². The molecule has 72 valence electrons. The van der Waals surface area contributed by atoms with Crippen LogP contribution in [0.5, 0.6) is 0 Å². The summed E-state index contributed by atoms with van der Waals surface area (Å²) in [6.45, 7) is 2.04. The zero-order valence-electron chi connectivity index (χ0n) is 7.57. The molecule has 1 aliphatic heterocycles. The number of thiophene rings is 1. The molecule has 0 aliphatic carbocycles. The lowest BCUT2D eigenvalue weighted by Gasteiger charge is -2.15. The van der Waals surface area contributed by atoms with E-state index < -0.39 is 0 Å². The molecule has 0 radical (unpaired) electrons. The van der Waals surface area contributed by atoms with Crippen LogP contribution in [-0.2, 0) is 6.42 Å². The molecule has 2 rings (SSSR count). The SMILES string of the molecule is OC(Cc1cccs1)[C@@H]1CCNC1. The van der Waals surface area contributed by atoms with E-state index >= 15 is 0 Å². The highest BCUT2D eigenvalue weighted by atomic mass is 32.1. The molecular formula is C10H15NOS. The largest absolute Gasteiger partial charge is 0.392 e. The smallest absolute Gasteiger partial charge is 0.0629 e. The van der Waals surface area contributed by atoms with Crippen LogP contribution in [0.25, 0.3) is 0 Å². The van der Waals surface area contributed by atoms with Crippen LogP contribution in [-0.4, -0.2) is 24.3 Å². The van der Waals surface area contributed by atoms with E-state index in [-0.39, 0.29) is 6.10 Å². The van der Waals surface area contributed by atoms with Crippen molar-refractivity contribution in [3.8, 4) is 0 Å². The predicted octanol–water partition coefficient (Wildman–Crippen LogP) is 1.26. The van der Waals surface area contributed by atoms with Gasteiger partial charge in [-0.05, 0) is 30.3 Å². The average Bonchev–Trinajstić information content (AvgIpc) is 2.74. The summed E-state index contributed by atoms with van der Waals surface area (Å²) in [7, 11) is 0. The Labute approximate surface area is 82.6 Å². The molecule has 1 unspecified atom stereocenters. The molecule has 1 aromatic rings. The van der Waals surface area contributed by atoms with Gasteiger partial charge < -0.3 is 10.4 Å². The van der Waals surface area contributed by atoms with Crippen LogP contribution in [0.1, 0.15) is 11.3 Å². The van der Waals surface area contributed by atoms with Crippen molar-refractivity contribution < 1.29 is 5.11 Å². The van der Waals surface area contributed by atoms with Crippen molar-refractivity contribution in [1.82, 2.24) is 5.32 Å². The van der Waals surface area contributed by atoms with Crippen molar-refractivity contribution >= 4 is 11.3 Å². The normalized spacial score (nSPS) is 24.8. The van der Waals surface area contributed by atoms with Crippen molar-refractivity contribution in [2.45, 2.75) is 18.9 Å². The van der Waals surface area contributed by atoms with E-state index in [4.69, 9.17) is 0 Å². The molecule has 0 bridgehead atoms. The summed E-state index contributed by atoms with van der Waals surface area (Å²) in [5, 5.41) is 15.2. The summed E-state index contributed by atoms with van der Waals surface area (Å²) in [5.74, 6) is 0.460. The molecule has 2 atom stereocenters. The van der Waals surface area contributed by atoms with Crippen LogP contribution in [0.4, 0.5) is 0 Å². The van der Waals surface area contributed by atoms with Gasteiger partial charge >= 0.3 is 0 Å². The minimum absolute atomic E-state index is 0.159. The Kier molecular flexibility index (Phi) is 2.98. The Hall–Kier alpha value is -0.380. The third kappa shape index (κ3) is 2.30. The molecule has 0 spiro atoms. The molecule has 0 amide bonds. The summed E-state index contributed by atoms with van der Waals surface area (Å²) in [6, 6.07) is 4.13. The molecule has 3 heteroatoms. The molecule has 0 saturated carbocycles. The van der Waals surface area contributed by atoms with Gasteiger partial charge in [0.05, 0.1) is 6.10 Å². The van der Waals surface area contributed by atoms with Crippen molar-refractivity contribution in [2.75, 3.05) is 13.1 Å². The molecule has 0 aromatic carbocycles. The number of hydrogen-bond acceptors (Lipinski definition) is 3. The van der Waals surface area contributed by atoms with Crippen LogP contribution < -0.4 is 5.32 Å². The fourth-order valence-electron chi connectivity index (χ4n) is 1.81. The first-order valence-corrected chi connectivity index (χ1v) is 5.65. The zero-order valence-corrected chi connectivity index (χ0v) is 8.39. The quantitative estimate of drug-likeness (QED) is 0.764. The molecule has 1 aliphatic rings. The highest BCUT2D eigenvalue weighted by Gasteiger charge is 2.22. The van der Waals surface area contributed by atoms with Gasteiger partial charge in [0.15, 0.2) is 0 Å². The molecule has 1 fully saturated rings. The molecule has 1 saturated heterocycles. The van der Waals surface area contributed by atoms with E-state index in [1.807, 2.05) is 6.07 Å². The van der Waals surface area contributed by atoms with E-state index in [0.717, 1.165) is 25.9 Å². The second kappa shape index (κ2) is 4.22. The van der Waals surface area contributed by atoms with Gasteiger partial charge in [-0.3, -0.25) is 0 Å². The van der Waals surface area contributed by atoms with Gasteiger partial charge in [-0.2, -0.15) is 0 Å². The van der Waals surface area contributed by atoms with Crippen LogP contribution in [0.15, 0.2) is 17.5 Å². The molecule has 1 aromatic heterocycles. The number of aliphatic hydroxyl groups excluding tert-OH is 1. The van der Waals surface area contributed by atoms with Gasteiger partial charge in [-0.1, -0.05) is 6.07 Å². The fourth-order valence-corrected chi connectivity index (χ4v) is 2.56. The Morgan fingerprint density at radius 2 is 2.62 bits per heavy atom. The highest BCUT2D eigenvalue weighted by Crippen LogP contribution is 2.19. The molecule has 2 N–H and O–H groups in total. The second-order valence-electron chi connectivity index (χ2n) is 3.60. The number of hydrogen-bond donors (Lipinski definition) is 2. The predicted molar refractivity (Wildman–Crippen MR) is 55.0 cm³/mol. The summed E-state index contributed by atoms with van der Waals surface area (Å²) in [5.41, 5.74) is 0. The van der Waals surface area contributed by atoms with Gasteiger partial charge in [-0.15, -0.1) is 11.3 Å². The lowest BCUT2D eigenvalue weighted by atomic mass is 9.98. The average molecular weight is 197 g/mol. The highest BCUT2D eigenvalue weighted by molar-refractivity contribution is 7.09. The Morgan fingerprint density at radius 3 is 3.23 bits per heavy atom. The fraction of sp³-hybridized carbons (Fsp3) is 0.600.